The molecule has 1 aromatic carbocycles. The molecule has 1 aliphatic carbocycles. The van der Waals surface area contributed by atoms with Crippen molar-refractivity contribution in [2.45, 2.75) is 26.2 Å². The summed E-state index contributed by atoms with van der Waals surface area (Å²) in [6.07, 6.45) is 3.83. The van der Waals surface area contributed by atoms with Crippen molar-refractivity contribution in [3.63, 3.8) is 0 Å². The van der Waals surface area contributed by atoms with Crippen molar-refractivity contribution in [3.8, 4) is 0 Å². The molecule has 148 valence electrons. The number of methoxy groups -OCH3 is 1. The number of ether oxygens (including phenoxy) is 2. The molecule has 0 N–H and O–H groups in total. The van der Waals surface area contributed by atoms with Crippen molar-refractivity contribution in [2.75, 3.05) is 33.4 Å². The molecule has 6 heteroatoms. The third-order valence-corrected chi connectivity index (χ3v) is 5.01. The Balaban J connectivity index is 2.02. The van der Waals surface area contributed by atoms with Gasteiger partial charge in [-0.3, -0.25) is 14.4 Å². The molecule has 1 aromatic rings. The summed E-state index contributed by atoms with van der Waals surface area (Å²) in [6.45, 7) is 4.10. The highest BCUT2D eigenvalue weighted by atomic mass is 16.5. The Morgan fingerprint density at radius 2 is 1.79 bits per heavy atom. The first-order chi connectivity index (χ1) is 13.6. The number of benzene rings is 1. The van der Waals surface area contributed by atoms with Crippen LogP contribution in [0.3, 0.4) is 0 Å². The number of morpholine rings is 1. The summed E-state index contributed by atoms with van der Waals surface area (Å²) in [5, 5.41) is 0. The van der Waals surface area contributed by atoms with Gasteiger partial charge in [-0.15, -0.1) is 0 Å². The number of rotatable bonds is 6. The molecule has 28 heavy (non-hydrogen) atoms. The molecule has 1 amide bonds. The van der Waals surface area contributed by atoms with Crippen LogP contribution < -0.4 is 0 Å². The number of allylic oxidation sites excluding steroid dienone is 3. The van der Waals surface area contributed by atoms with Crippen LogP contribution in [0.5, 0.6) is 0 Å². The van der Waals surface area contributed by atoms with Crippen LogP contribution >= 0.6 is 0 Å². The Morgan fingerprint density at radius 1 is 1.14 bits per heavy atom. The van der Waals surface area contributed by atoms with Gasteiger partial charge in [-0.2, -0.15) is 0 Å². The SMILES string of the molecule is CCCCC(=CC1=C(OC)C(=O)c2ccccc2C1=O)C(=O)N1CCOCC1. The molecule has 0 bridgehead atoms. The fourth-order valence-corrected chi connectivity index (χ4v) is 3.46. The van der Waals surface area contributed by atoms with E-state index < -0.39 is 0 Å². The van der Waals surface area contributed by atoms with Gasteiger partial charge in [-0.05, 0) is 18.9 Å². The van der Waals surface area contributed by atoms with E-state index in [2.05, 4.69) is 0 Å². The molecular formula is C22H25NO5. The monoisotopic (exact) mass is 383 g/mol. The predicted octanol–water partition coefficient (Wildman–Crippen LogP) is 2.94. The lowest BCUT2D eigenvalue weighted by atomic mass is 9.86. The van der Waals surface area contributed by atoms with E-state index in [1.165, 1.54) is 7.11 Å². The number of ketones is 2. The summed E-state index contributed by atoms with van der Waals surface area (Å²) >= 11 is 0. The molecule has 0 radical (unpaired) electrons. The third kappa shape index (κ3) is 3.92. The zero-order chi connectivity index (χ0) is 20.1. The van der Waals surface area contributed by atoms with E-state index in [-0.39, 0.29) is 28.8 Å². The van der Waals surface area contributed by atoms with Gasteiger partial charge in [0.05, 0.1) is 25.9 Å². The van der Waals surface area contributed by atoms with Gasteiger partial charge in [0.2, 0.25) is 11.7 Å². The third-order valence-electron chi connectivity index (χ3n) is 5.01. The van der Waals surface area contributed by atoms with E-state index in [9.17, 15) is 14.4 Å². The second-order valence-corrected chi connectivity index (χ2v) is 6.83. The maximum atomic E-state index is 13.1. The van der Waals surface area contributed by atoms with E-state index >= 15 is 0 Å². The molecule has 2 aliphatic rings. The van der Waals surface area contributed by atoms with Crippen LogP contribution in [-0.2, 0) is 14.3 Å². The number of nitrogens with zero attached hydrogens (tertiary/aromatic N) is 1. The molecule has 0 unspecified atom stereocenters. The first-order valence-corrected chi connectivity index (χ1v) is 9.62. The number of hydrogen-bond acceptors (Lipinski definition) is 5. The highest BCUT2D eigenvalue weighted by molar-refractivity contribution is 6.27. The highest BCUT2D eigenvalue weighted by Gasteiger charge is 2.33. The minimum absolute atomic E-state index is 0.00697. The van der Waals surface area contributed by atoms with E-state index in [0.29, 0.717) is 49.4 Å². The van der Waals surface area contributed by atoms with E-state index in [1.807, 2.05) is 6.92 Å². The lowest BCUT2D eigenvalue weighted by molar-refractivity contribution is -0.131. The van der Waals surface area contributed by atoms with Crippen molar-refractivity contribution in [1.82, 2.24) is 4.90 Å². The predicted molar refractivity (Wildman–Crippen MR) is 104 cm³/mol. The van der Waals surface area contributed by atoms with Crippen LogP contribution in [0, 0.1) is 0 Å². The smallest absolute Gasteiger partial charge is 0.249 e. The van der Waals surface area contributed by atoms with Crippen molar-refractivity contribution < 1.29 is 23.9 Å². The Labute approximate surface area is 164 Å². The molecule has 6 nitrogen and oxygen atoms in total. The first kappa shape index (κ1) is 20.0. The van der Waals surface area contributed by atoms with Crippen LogP contribution in [0.4, 0.5) is 0 Å². The molecule has 0 spiro atoms. The Kier molecular flexibility index (Phi) is 6.41. The van der Waals surface area contributed by atoms with Gasteiger partial charge in [0.1, 0.15) is 0 Å². The maximum absolute atomic E-state index is 13.1. The lowest BCUT2D eigenvalue weighted by Gasteiger charge is -2.28. The van der Waals surface area contributed by atoms with E-state index in [4.69, 9.17) is 9.47 Å². The maximum Gasteiger partial charge on any atom is 0.249 e. The molecule has 1 fully saturated rings. The average molecular weight is 383 g/mol. The van der Waals surface area contributed by atoms with Crippen molar-refractivity contribution in [2.24, 2.45) is 0 Å². The van der Waals surface area contributed by atoms with Crippen molar-refractivity contribution in [1.29, 1.82) is 0 Å². The Hall–Kier alpha value is -2.73. The van der Waals surface area contributed by atoms with Gasteiger partial charge < -0.3 is 14.4 Å². The summed E-state index contributed by atoms with van der Waals surface area (Å²) < 4.78 is 10.6. The number of fused-ring (bicyclic) bond motifs is 1. The lowest BCUT2D eigenvalue weighted by Crippen LogP contribution is -2.41. The summed E-state index contributed by atoms with van der Waals surface area (Å²) in [5.74, 6) is -0.750. The van der Waals surface area contributed by atoms with Gasteiger partial charge >= 0.3 is 0 Å². The molecule has 0 atom stereocenters. The summed E-state index contributed by atoms with van der Waals surface area (Å²) in [4.78, 5) is 40.6. The highest BCUT2D eigenvalue weighted by Crippen LogP contribution is 2.29. The van der Waals surface area contributed by atoms with Gasteiger partial charge in [-0.1, -0.05) is 37.6 Å². The van der Waals surface area contributed by atoms with Gasteiger partial charge in [-0.25, -0.2) is 0 Å². The van der Waals surface area contributed by atoms with E-state index in [1.54, 1.807) is 35.2 Å². The Morgan fingerprint density at radius 3 is 2.39 bits per heavy atom. The molecule has 1 saturated heterocycles. The summed E-state index contributed by atoms with van der Waals surface area (Å²) in [5.41, 5.74) is 1.34. The normalized spacial score (nSPS) is 17.6. The quantitative estimate of drug-likeness (QED) is 0.706. The van der Waals surface area contributed by atoms with Gasteiger partial charge in [0, 0.05) is 29.8 Å². The molecule has 3 rings (SSSR count). The van der Waals surface area contributed by atoms with Crippen LogP contribution in [0.2, 0.25) is 0 Å². The number of unbranched alkanes of at least 4 members (excludes halogenated alkanes) is 1. The number of Topliss-reactive ketones (excluding diaryl/α,β-unsaturated/α-hetero) is 2. The van der Waals surface area contributed by atoms with Crippen LogP contribution in [0.15, 0.2) is 47.2 Å². The minimum Gasteiger partial charge on any atom is -0.492 e. The topological polar surface area (TPSA) is 72.9 Å². The Bertz CT molecular complexity index is 846. The molecule has 1 heterocycles. The fourth-order valence-electron chi connectivity index (χ4n) is 3.46. The van der Waals surface area contributed by atoms with Crippen molar-refractivity contribution >= 4 is 17.5 Å². The van der Waals surface area contributed by atoms with Crippen molar-refractivity contribution in [3.05, 3.63) is 58.4 Å². The second kappa shape index (κ2) is 8.97. The minimum atomic E-state index is -0.336. The second-order valence-electron chi connectivity index (χ2n) is 6.83. The van der Waals surface area contributed by atoms with E-state index in [0.717, 1.165) is 12.8 Å². The molecule has 1 aliphatic heterocycles. The fraction of sp³-hybridized carbons (Fsp3) is 0.409. The molecular weight excluding hydrogens is 358 g/mol. The van der Waals surface area contributed by atoms with Crippen LogP contribution in [0.25, 0.3) is 0 Å². The number of amides is 1. The molecule has 0 saturated carbocycles. The largest absolute Gasteiger partial charge is 0.492 e. The number of carbonyl (C=O) groups excluding carboxylic acids is 3. The zero-order valence-corrected chi connectivity index (χ0v) is 16.3. The standard InChI is InChI=1S/C22H25NO5/c1-3-4-7-15(22(26)23-10-12-28-13-11-23)14-18-19(24)16-8-5-6-9-17(16)20(25)21(18)27-2/h5-6,8-9,14H,3-4,7,10-13H2,1-2H3. The van der Waals surface area contributed by atoms with Gasteiger partial charge in [0.25, 0.3) is 0 Å². The summed E-state index contributed by atoms with van der Waals surface area (Å²) in [7, 11) is 1.37. The number of hydrogen-bond donors (Lipinski definition) is 0. The zero-order valence-electron chi connectivity index (χ0n) is 16.3. The molecule has 0 aromatic heterocycles. The first-order valence-electron chi connectivity index (χ1n) is 9.62. The van der Waals surface area contributed by atoms with Crippen LogP contribution in [0.1, 0.15) is 46.9 Å². The van der Waals surface area contributed by atoms with Crippen LogP contribution in [-0.4, -0.2) is 55.8 Å². The average Bonchev–Trinajstić information content (AvgIpc) is 2.74. The van der Waals surface area contributed by atoms with Gasteiger partial charge in [0.15, 0.2) is 11.5 Å². The summed E-state index contributed by atoms with van der Waals surface area (Å²) in [6, 6.07) is 6.68. The number of carbonyl (C=O) groups is 3.